The van der Waals surface area contributed by atoms with E-state index in [-0.39, 0.29) is 18.4 Å². The summed E-state index contributed by atoms with van der Waals surface area (Å²) in [4.78, 5) is 26.2. The smallest absolute Gasteiger partial charge is 0.308 e. The highest BCUT2D eigenvalue weighted by molar-refractivity contribution is 5.99. The standard InChI is InChI=1S/C19H21NO4/c1-10-4-3-5-13-11(2)17(24-16(10)13)18(21)20-8-14(12-6-7-12)15(9-20)19(22)23/h3-5,12,14-15H,6-9H2,1-2H3,(H,22,23)/t14-,15+/m1/s1. The van der Waals surface area contributed by atoms with Gasteiger partial charge in [-0.3, -0.25) is 9.59 Å². The van der Waals surface area contributed by atoms with Crippen molar-refractivity contribution in [1.82, 2.24) is 4.90 Å². The second-order valence-electron chi connectivity index (χ2n) is 7.16. The van der Waals surface area contributed by atoms with Gasteiger partial charge < -0.3 is 14.4 Å². The van der Waals surface area contributed by atoms with Crippen molar-refractivity contribution in [3.8, 4) is 0 Å². The van der Waals surface area contributed by atoms with Crippen LogP contribution in [0.2, 0.25) is 0 Å². The molecule has 126 valence electrons. The SMILES string of the molecule is Cc1c(C(=O)N2C[C@H](C(=O)O)[C@@H](C3CC3)C2)oc2c(C)cccc12. The number of rotatable bonds is 3. The topological polar surface area (TPSA) is 70.8 Å². The third kappa shape index (κ3) is 2.30. The molecule has 1 amide bonds. The summed E-state index contributed by atoms with van der Waals surface area (Å²) < 4.78 is 5.87. The van der Waals surface area contributed by atoms with Crippen LogP contribution in [0.25, 0.3) is 11.0 Å². The lowest BCUT2D eigenvalue weighted by atomic mass is 9.92. The minimum atomic E-state index is -0.792. The van der Waals surface area contributed by atoms with Gasteiger partial charge in [-0.25, -0.2) is 0 Å². The predicted molar refractivity (Wildman–Crippen MR) is 88.9 cm³/mol. The summed E-state index contributed by atoms with van der Waals surface area (Å²) in [5.41, 5.74) is 2.57. The first-order valence-electron chi connectivity index (χ1n) is 8.48. The molecule has 5 heteroatoms. The number of hydrogen-bond donors (Lipinski definition) is 1. The fourth-order valence-electron chi connectivity index (χ4n) is 3.99. The minimum absolute atomic E-state index is 0.0814. The molecule has 4 rings (SSSR count). The predicted octanol–water partition coefficient (Wildman–Crippen LogP) is 3.23. The molecule has 1 aliphatic heterocycles. The van der Waals surface area contributed by atoms with Crippen molar-refractivity contribution in [2.45, 2.75) is 26.7 Å². The van der Waals surface area contributed by atoms with Crippen LogP contribution >= 0.6 is 0 Å². The number of likely N-dealkylation sites (tertiary alicyclic amines) is 1. The third-order valence-electron chi connectivity index (χ3n) is 5.55. The molecule has 1 saturated heterocycles. The van der Waals surface area contributed by atoms with E-state index in [0.717, 1.165) is 34.9 Å². The lowest BCUT2D eigenvalue weighted by Gasteiger charge is -2.15. The van der Waals surface area contributed by atoms with Crippen molar-refractivity contribution >= 4 is 22.8 Å². The van der Waals surface area contributed by atoms with Crippen LogP contribution in [0.5, 0.6) is 0 Å². The van der Waals surface area contributed by atoms with E-state index < -0.39 is 11.9 Å². The molecular formula is C19H21NO4. The van der Waals surface area contributed by atoms with Crippen molar-refractivity contribution in [1.29, 1.82) is 0 Å². The second-order valence-corrected chi connectivity index (χ2v) is 7.16. The van der Waals surface area contributed by atoms with Crippen LogP contribution in [-0.2, 0) is 4.79 Å². The van der Waals surface area contributed by atoms with Gasteiger partial charge in [0.15, 0.2) is 5.76 Å². The fraction of sp³-hybridized carbons (Fsp3) is 0.474. The number of carbonyl (C=O) groups excluding carboxylic acids is 1. The number of furan rings is 1. The highest BCUT2D eigenvalue weighted by atomic mass is 16.4. The van der Waals surface area contributed by atoms with Gasteiger partial charge in [-0.2, -0.15) is 0 Å². The highest BCUT2D eigenvalue weighted by Gasteiger charge is 2.47. The second kappa shape index (κ2) is 5.36. The van der Waals surface area contributed by atoms with Gasteiger partial charge >= 0.3 is 5.97 Å². The highest BCUT2D eigenvalue weighted by Crippen LogP contribution is 2.44. The Morgan fingerprint density at radius 1 is 1.21 bits per heavy atom. The Kier molecular flexibility index (Phi) is 3.41. The van der Waals surface area contributed by atoms with E-state index in [1.807, 2.05) is 32.0 Å². The first-order chi connectivity index (χ1) is 11.5. The summed E-state index contributed by atoms with van der Waals surface area (Å²) in [6.45, 7) is 4.65. The molecule has 1 aromatic carbocycles. The Bertz CT molecular complexity index is 833. The number of nitrogens with zero attached hydrogens (tertiary/aromatic N) is 1. The number of aryl methyl sites for hydroxylation is 2. The largest absolute Gasteiger partial charge is 0.481 e. The van der Waals surface area contributed by atoms with Crippen LogP contribution in [0, 0.1) is 31.6 Å². The summed E-state index contributed by atoms with van der Waals surface area (Å²) in [7, 11) is 0. The zero-order chi connectivity index (χ0) is 17.0. The Labute approximate surface area is 140 Å². The van der Waals surface area contributed by atoms with Crippen molar-refractivity contribution in [3.05, 3.63) is 35.1 Å². The maximum Gasteiger partial charge on any atom is 0.308 e. The average molecular weight is 327 g/mol. The number of amides is 1. The molecule has 2 aromatic rings. The zero-order valence-corrected chi connectivity index (χ0v) is 13.9. The first-order valence-corrected chi connectivity index (χ1v) is 8.48. The van der Waals surface area contributed by atoms with E-state index in [1.54, 1.807) is 4.90 Å². The van der Waals surface area contributed by atoms with Crippen LogP contribution in [0.4, 0.5) is 0 Å². The molecule has 0 spiro atoms. The van der Waals surface area contributed by atoms with E-state index in [2.05, 4.69) is 0 Å². The molecule has 2 atom stereocenters. The molecule has 1 aromatic heterocycles. The van der Waals surface area contributed by atoms with Crippen LogP contribution in [0.3, 0.4) is 0 Å². The molecule has 0 bridgehead atoms. The Balaban J connectivity index is 1.66. The molecule has 5 nitrogen and oxygen atoms in total. The number of carboxylic acids is 1. The summed E-state index contributed by atoms with van der Waals surface area (Å²) in [6.07, 6.45) is 2.17. The molecular weight excluding hydrogens is 306 g/mol. The fourth-order valence-corrected chi connectivity index (χ4v) is 3.99. The zero-order valence-electron chi connectivity index (χ0n) is 13.9. The quantitative estimate of drug-likeness (QED) is 0.939. The van der Waals surface area contributed by atoms with E-state index in [9.17, 15) is 14.7 Å². The molecule has 1 aliphatic carbocycles. The van der Waals surface area contributed by atoms with Gasteiger partial charge in [-0.05, 0) is 44.1 Å². The molecule has 0 radical (unpaired) electrons. The normalized spacial score (nSPS) is 23.8. The van der Waals surface area contributed by atoms with Gasteiger partial charge in [0.1, 0.15) is 5.58 Å². The van der Waals surface area contributed by atoms with E-state index >= 15 is 0 Å². The summed E-state index contributed by atoms with van der Waals surface area (Å²) >= 11 is 0. The van der Waals surface area contributed by atoms with Gasteiger partial charge in [0.05, 0.1) is 5.92 Å². The molecule has 1 saturated carbocycles. The van der Waals surface area contributed by atoms with Crippen molar-refractivity contribution < 1.29 is 19.1 Å². The van der Waals surface area contributed by atoms with Crippen molar-refractivity contribution in [2.24, 2.45) is 17.8 Å². The monoisotopic (exact) mass is 327 g/mol. The van der Waals surface area contributed by atoms with Crippen LogP contribution in [-0.4, -0.2) is 35.0 Å². The number of fused-ring (bicyclic) bond motifs is 1. The Morgan fingerprint density at radius 2 is 1.96 bits per heavy atom. The van der Waals surface area contributed by atoms with Crippen LogP contribution < -0.4 is 0 Å². The van der Waals surface area contributed by atoms with Crippen LogP contribution in [0.1, 0.15) is 34.5 Å². The van der Waals surface area contributed by atoms with Gasteiger partial charge in [0.25, 0.3) is 5.91 Å². The third-order valence-corrected chi connectivity index (χ3v) is 5.55. The molecule has 0 unspecified atom stereocenters. The van der Waals surface area contributed by atoms with Gasteiger partial charge in [-0.15, -0.1) is 0 Å². The maximum absolute atomic E-state index is 12.9. The first kappa shape index (κ1) is 15.2. The molecule has 2 fully saturated rings. The molecule has 24 heavy (non-hydrogen) atoms. The van der Waals surface area contributed by atoms with Crippen LogP contribution in [0.15, 0.2) is 22.6 Å². The number of benzene rings is 1. The van der Waals surface area contributed by atoms with Crippen molar-refractivity contribution in [2.75, 3.05) is 13.1 Å². The molecule has 1 N–H and O–H groups in total. The van der Waals surface area contributed by atoms with E-state index in [1.165, 1.54) is 0 Å². The van der Waals surface area contributed by atoms with E-state index in [4.69, 9.17) is 4.42 Å². The Hall–Kier alpha value is -2.30. The lowest BCUT2D eigenvalue weighted by molar-refractivity contribution is -0.142. The maximum atomic E-state index is 12.9. The van der Waals surface area contributed by atoms with Crippen molar-refractivity contribution in [3.63, 3.8) is 0 Å². The number of para-hydroxylation sites is 1. The summed E-state index contributed by atoms with van der Waals surface area (Å²) in [5.74, 6) is -0.537. The number of carboxylic acid groups (broad SMARTS) is 1. The summed E-state index contributed by atoms with van der Waals surface area (Å²) in [6, 6.07) is 5.86. The minimum Gasteiger partial charge on any atom is -0.481 e. The van der Waals surface area contributed by atoms with E-state index in [0.29, 0.717) is 18.2 Å². The van der Waals surface area contributed by atoms with Gasteiger partial charge in [0.2, 0.25) is 0 Å². The molecule has 2 aliphatic rings. The Morgan fingerprint density at radius 3 is 2.58 bits per heavy atom. The van der Waals surface area contributed by atoms with Gasteiger partial charge in [-0.1, -0.05) is 18.2 Å². The lowest BCUT2D eigenvalue weighted by Crippen LogP contribution is -2.30. The molecule has 2 heterocycles. The number of carbonyl (C=O) groups is 2. The average Bonchev–Trinajstić information content (AvgIpc) is 3.20. The number of aliphatic carboxylic acids is 1. The number of hydrogen-bond acceptors (Lipinski definition) is 3. The van der Waals surface area contributed by atoms with Gasteiger partial charge in [0, 0.05) is 24.0 Å². The summed E-state index contributed by atoms with van der Waals surface area (Å²) in [5, 5.41) is 10.4.